The van der Waals surface area contributed by atoms with Crippen molar-refractivity contribution in [3.63, 3.8) is 0 Å². The second-order valence-electron chi connectivity index (χ2n) is 9.58. The molecule has 0 spiro atoms. The predicted molar refractivity (Wildman–Crippen MR) is 119 cm³/mol. The summed E-state index contributed by atoms with van der Waals surface area (Å²) in [5, 5.41) is 0. The summed E-state index contributed by atoms with van der Waals surface area (Å²) in [7, 11) is 0. The van der Waals surface area contributed by atoms with E-state index < -0.39 is 5.97 Å². The van der Waals surface area contributed by atoms with Gasteiger partial charge in [0.15, 0.2) is 12.4 Å². The minimum Gasteiger partial charge on any atom is -0.454 e. The molecule has 0 unspecified atom stereocenters. The van der Waals surface area contributed by atoms with E-state index in [-0.39, 0.29) is 53.4 Å². The normalized spacial score (nSPS) is 30.8. The second-order valence-corrected chi connectivity index (χ2v) is 9.58. The molecule has 2 aromatic carbocycles. The maximum Gasteiger partial charge on any atom is 0.338 e. The van der Waals surface area contributed by atoms with Crippen LogP contribution in [0.15, 0.2) is 60.7 Å². The first kappa shape index (κ1) is 20.1. The zero-order valence-electron chi connectivity index (χ0n) is 18.1. The van der Waals surface area contributed by atoms with Crippen LogP contribution in [0.25, 0.3) is 0 Å². The van der Waals surface area contributed by atoms with Crippen molar-refractivity contribution in [3.8, 4) is 0 Å². The fourth-order valence-electron chi connectivity index (χ4n) is 6.00. The fourth-order valence-corrected chi connectivity index (χ4v) is 6.00. The first-order chi connectivity index (χ1) is 15.9. The molecule has 2 bridgehead atoms. The van der Waals surface area contributed by atoms with E-state index in [1.165, 1.54) is 17.0 Å². The molecule has 0 aromatic heterocycles. The van der Waals surface area contributed by atoms with Gasteiger partial charge in [-0.15, -0.1) is 0 Å². The van der Waals surface area contributed by atoms with E-state index >= 15 is 0 Å². The number of aryl methyl sites for hydroxylation is 1. The number of carbonyl (C=O) groups is 4. The zero-order valence-corrected chi connectivity index (χ0v) is 18.1. The molecule has 6 nitrogen and oxygen atoms in total. The van der Waals surface area contributed by atoms with Gasteiger partial charge in [0.2, 0.25) is 11.8 Å². The number of imide groups is 1. The number of anilines is 1. The molecule has 0 radical (unpaired) electrons. The Labute approximate surface area is 191 Å². The molecule has 2 amide bonds. The number of allylic oxidation sites excluding steroid dienone is 2. The molecule has 6 heteroatoms. The summed E-state index contributed by atoms with van der Waals surface area (Å²) >= 11 is 0. The Morgan fingerprint density at radius 1 is 0.848 bits per heavy atom. The maximum atomic E-state index is 13.2. The topological polar surface area (TPSA) is 80.8 Å². The molecule has 1 saturated heterocycles. The summed E-state index contributed by atoms with van der Waals surface area (Å²) in [5.74, 6) is -0.229. The molecule has 3 fully saturated rings. The van der Waals surface area contributed by atoms with Crippen molar-refractivity contribution in [3.05, 3.63) is 77.4 Å². The lowest BCUT2D eigenvalue weighted by Crippen LogP contribution is -2.40. The molecular formula is C27H23NO5. The number of amides is 2. The highest BCUT2D eigenvalue weighted by atomic mass is 16.5. The third-order valence-electron chi connectivity index (χ3n) is 7.73. The Morgan fingerprint density at radius 3 is 1.97 bits per heavy atom. The molecule has 2 saturated carbocycles. The van der Waals surface area contributed by atoms with Gasteiger partial charge in [0.1, 0.15) is 0 Å². The summed E-state index contributed by atoms with van der Waals surface area (Å²) in [5.41, 5.74) is 2.26. The zero-order chi connectivity index (χ0) is 22.9. The highest BCUT2D eigenvalue weighted by Crippen LogP contribution is 2.65. The Kier molecular flexibility index (Phi) is 4.41. The fraction of sp³-hybridized carbons (Fsp3) is 0.333. The van der Waals surface area contributed by atoms with Crippen LogP contribution in [0.4, 0.5) is 5.69 Å². The van der Waals surface area contributed by atoms with Crippen LogP contribution in [0.5, 0.6) is 0 Å². The smallest absolute Gasteiger partial charge is 0.338 e. The summed E-state index contributed by atoms with van der Waals surface area (Å²) in [6, 6.07) is 13.3. The van der Waals surface area contributed by atoms with E-state index in [1.807, 2.05) is 19.1 Å². The van der Waals surface area contributed by atoms with Gasteiger partial charge in [-0.25, -0.2) is 4.79 Å². The van der Waals surface area contributed by atoms with Crippen LogP contribution >= 0.6 is 0 Å². The number of Topliss-reactive ketones (excluding diaryl/α,β-unsaturated/α-hetero) is 1. The van der Waals surface area contributed by atoms with E-state index in [9.17, 15) is 19.2 Å². The molecule has 7 rings (SSSR count). The lowest BCUT2D eigenvalue weighted by atomic mass is 9.63. The minimum absolute atomic E-state index is 0.131. The molecule has 6 atom stereocenters. The Hall–Kier alpha value is -3.54. The number of esters is 1. The van der Waals surface area contributed by atoms with Crippen LogP contribution in [0.3, 0.4) is 0 Å². The molecule has 2 aromatic rings. The van der Waals surface area contributed by atoms with Gasteiger partial charge in [0, 0.05) is 5.56 Å². The van der Waals surface area contributed by atoms with Crippen molar-refractivity contribution in [2.24, 2.45) is 35.5 Å². The van der Waals surface area contributed by atoms with Crippen molar-refractivity contribution >= 4 is 29.3 Å². The largest absolute Gasteiger partial charge is 0.454 e. The van der Waals surface area contributed by atoms with E-state index in [0.717, 1.165) is 12.0 Å². The molecular weight excluding hydrogens is 418 g/mol. The molecule has 1 aliphatic heterocycles. The average molecular weight is 441 g/mol. The van der Waals surface area contributed by atoms with Crippen LogP contribution in [0, 0.1) is 42.4 Å². The van der Waals surface area contributed by atoms with Gasteiger partial charge in [-0.2, -0.15) is 0 Å². The van der Waals surface area contributed by atoms with E-state index in [2.05, 4.69) is 12.2 Å². The van der Waals surface area contributed by atoms with Crippen molar-refractivity contribution < 1.29 is 23.9 Å². The molecule has 4 aliphatic carbocycles. The number of ether oxygens (including phenoxy) is 1. The van der Waals surface area contributed by atoms with Gasteiger partial charge in [-0.3, -0.25) is 19.3 Å². The second kappa shape index (κ2) is 7.24. The van der Waals surface area contributed by atoms with Crippen LogP contribution in [-0.4, -0.2) is 30.2 Å². The first-order valence-electron chi connectivity index (χ1n) is 11.4. The highest BCUT2D eigenvalue weighted by Gasteiger charge is 2.67. The van der Waals surface area contributed by atoms with Crippen molar-refractivity contribution in [1.29, 1.82) is 0 Å². The minimum atomic E-state index is -0.628. The number of ketones is 1. The van der Waals surface area contributed by atoms with Crippen molar-refractivity contribution in [1.82, 2.24) is 0 Å². The number of benzene rings is 2. The Morgan fingerprint density at radius 2 is 1.39 bits per heavy atom. The highest BCUT2D eigenvalue weighted by molar-refractivity contribution is 6.22. The summed E-state index contributed by atoms with van der Waals surface area (Å²) in [6.45, 7) is 1.58. The van der Waals surface area contributed by atoms with Crippen LogP contribution in [-0.2, 0) is 14.3 Å². The Balaban J connectivity index is 1.14. The maximum absolute atomic E-state index is 13.2. The van der Waals surface area contributed by atoms with Gasteiger partial charge in [0.05, 0.1) is 23.1 Å². The van der Waals surface area contributed by atoms with Gasteiger partial charge in [0.25, 0.3) is 0 Å². The third kappa shape index (κ3) is 3.08. The van der Waals surface area contributed by atoms with Gasteiger partial charge >= 0.3 is 5.97 Å². The van der Waals surface area contributed by atoms with Gasteiger partial charge in [-0.1, -0.05) is 42.0 Å². The van der Waals surface area contributed by atoms with Gasteiger partial charge < -0.3 is 4.74 Å². The monoisotopic (exact) mass is 441 g/mol. The number of rotatable bonds is 5. The predicted octanol–water partition coefficient (Wildman–Crippen LogP) is 3.59. The average Bonchev–Trinajstić information content (AvgIpc) is 3.61. The van der Waals surface area contributed by atoms with E-state index in [0.29, 0.717) is 23.1 Å². The Bertz CT molecular complexity index is 1180. The van der Waals surface area contributed by atoms with E-state index in [4.69, 9.17) is 4.74 Å². The summed E-state index contributed by atoms with van der Waals surface area (Å²) in [4.78, 5) is 52.3. The molecule has 5 aliphatic rings. The van der Waals surface area contributed by atoms with E-state index in [1.54, 1.807) is 24.3 Å². The van der Waals surface area contributed by atoms with Crippen LogP contribution in [0.1, 0.15) is 32.7 Å². The standard InChI is InChI=1S/C27H23NO5/c1-14-2-4-15(5-3-14)22(29)13-33-27(32)16-6-8-17(9-7-16)28-25(30)23-18-10-11-19(21-12-20(18)21)24(23)26(28)31/h2-11,18-21,23-24H,12-13H2,1H3/t18-,19-,20-,21+,23+,24+/m0/s1. The number of hydrogen-bond donors (Lipinski definition) is 0. The summed E-state index contributed by atoms with van der Waals surface area (Å²) < 4.78 is 5.17. The van der Waals surface area contributed by atoms with Crippen molar-refractivity contribution in [2.45, 2.75) is 13.3 Å². The lowest BCUT2D eigenvalue weighted by molar-refractivity contribution is -0.124. The molecule has 0 N–H and O–H groups in total. The number of nitrogens with zero attached hydrogens (tertiary/aromatic N) is 1. The van der Waals surface area contributed by atoms with Gasteiger partial charge in [-0.05, 0) is 61.3 Å². The SMILES string of the molecule is Cc1ccc(C(=O)COC(=O)c2ccc(N3C(=O)[C@@H]4[C@H]5C=C[C@@H]([C@@H]6C[C@H]56)[C@H]4C3=O)cc2)cc1. The van der Waals surface area contributed by atoms with Crippen LogP contribution in [0.2, 0.25) is 0 Å². The number of hydrogen-bond acceptors (Lipinski definition) is 5. The molecule has 33 heavy (non-hydrogen) atoms. The molecule has 166 valence electrons. The quantitative estimate of drug-likeness (QED) is 0.307. The third-order valence-corrected chi connectivity index (χ3v) is 7.73. The summed E-state index contributed by atoms with van der Waals surface area (Å²) in [6.07, 6.45) is 5.41. The number of carbonyl (C=O) groups excluding carboxylic acids is 4. The van der Waals surface area contributed by atoms with Crippen LogP contribution < -0.4 is 4.90 Å². The molecule has 1 heterocycles. The first-order valence-corrected chi connectivity index (χ1v) is 11.4. The van der Waals surface area contributed by atoms with Crippen molar-refractivity contribution in [2.75, 3.05) is 11.5 Å². The lowest BCUT2D eigenvalue weighted by Gasteiger charge is -2.37.